The van der Waals surface area contributed by atoms with Crippen LogP contribution in [-0.2, 0) is 4.79 Å². The van der Waals surface area contributed by atoms with Crippen LogP contribution in [-0.4, -0.2) is 11.1 Å². The Morgan fingerprint density at radius 3 is 2.72 bits per heavy atom. The van der Waals surface area contributed by atoms with E-state index in [0.29, 0.717) is 12.3 Å². The first-order chi connectivity index (χ1) is 8.59. The molecule has 1 aromatic carbocycles. The van der Waals surface area contributed by atoms with E-state index >= 15 is 0 Å². The maximum atomic E-state index is 11.0. The van der Waals surface area contributed by atoms with Gasteiger partial charge >= 0.3 is 5.97 Å². The number of hydrogen-bond acceptors (Lipinski definition) is 1. The average molecular weight is 244 g/mol. The first-order valence-corrected chi connectivity index (χ1v) is 6.58. The van der Waals surface area contributed by atoms with E-state index in [9.17, 15) is 4.79 Å². The van der Waals surface area contributed by atoms with E-state index in [1.165, 1.54) is 11.1 Å². The van der Waals surface area contributed by atoms with Crippen molar-refractivity contribution in [1.82, 2.24) is 0 Å². The highest BCUT2D eigenvalue weighted by Gasteiger charge is 2.22. The van der Waals surface area contributed by atoms with Gasteiger partial charge in [0.1, 0.15) is 0 Å². The van der Waals surface area contributed by atoms with E-state index in [0.717, 1.165) is 6.42 Å². The molecule has 0 saturated heterocycles. The molecule has 2 nitrogen and oxygen atoms in total. The molecule has 1 N–H and O–H groups in total. The Morgan fingerprint density at radius 2 is 2.06 bits per heavy atom. The number of fused-ring (bicyclic) bond motifs is 1. The van der Waals surface area contributed by atoms with Crippen molar-refractivity contribution in [3.05, 3.63) is 47.5 Å². The molecule has 0 saturated carbocycles. The van der Waals surface area contributed by atoms with Gasteiger partial charge in [-0.2, -0.15) is 0 Å². The van der Waals surface area contributed by atoms with Crippen LogP contribution in [0.25, 0.3) is 0 Å². The van der Waals surface area contributed by atoms with Crippen LogP contribution in [0.3, 0.4) is 0 Å². The second kappa shape index (κ2) is 5.38. The van der Waals surface area contributed by atoms with E-state index in [2.05, 4.69) is 37.3 Å². The molecule has 0 bridgehead atoms. The maximum absolute atomic E-state index is 11.0. The van der Waals surface area contributed by atoms with Crippen LogP contribution in [0.4, 0.5) is 0 Å². The quantitative estimate of drug-likeness (QED) is 0.817. The van der Waals surface area contributed by atoms with Gasteiger partial charge in [-0.1, -0.05) is 50.3 Å². The summed E-state index contributed by atoms with van der Waals surface area (Å²) in [6, 6.07) is 8.42. The van der Waals surface area contributed by atoms with Gasteiger partial charge in [0, 0.05) is 5.92 Å². The molecule has 0 heterocycles. The summed E-state index contributed by atoms with van der Waals surface area (Å²) >= 11 is 0. The van der Waals surface area contributed by atoms with Gasteiger partial charge in [0.2, 0.25) is 0 Å². The molecule has 0 spiro atoms. The average Bonchev–Trinajstić information content (AvgIpc) is 2.51. The van der Waals surface area contributed by atoms with Crippen LogP contribution >= 0.6 is 0 Å². The molecule has 96 valence electrons. The van der Waals surface area contributed by atoms with Crippen LogP contribution < -0.4 is 0 Å². The lowest BCUT2D eigenvalue weighted by Crippen LogP contribution is -2.13. The van der Waals surface area contributed by atoms with Crippen molar-refractivity contribution in [3.63, 3.8) is 0 Å². The minimum atomic E-state index is -0.710. The summed E-state index contributed by atoms with van der Waals surface area (Å²) < 4.78 is 0. The molecule has 1 aromatic rings. The molecule has 0 aliphatic heterocycles. The molecule has 3 unspecified atom stereocenters. The normalized spacial score (nSPS) is 24.1. The number of rotatable bonds is 3. The Kier molecular flexibility index (Phi) is 3.85. The summed E-state index contributed by atoms with van der Waals surface area (Å²) in [5.41, 5.74) is 2.66. The summed E-state index contributed by atoms with van der Waals surface area (Å²) in [5, 5.41) is 9.06. The molecule has 3 atom stereocenters. The monoisotopic (exact) mass is 244 g/mol. The number of hydrogen-bond donors (Lipinski definition) is 1. The number of carbonyl (C=O) groups is 1. The number of allylic oxidation sites excluding steroid dienone is 2. The van der Waals surface area contributed by atoms with E-state index in [1.807, 2.05) is 6.07 Å². The lowest BCUT2D eigenvalue weighted by atomic mass is 9.85. The standard InChI is InChI=1S/C16H20O2/c1-11-6-5-7-13(10-12(2)16(17)18)15-9-4-3-8-14(11)15/h3-5,7-9,11-13H,6,10H2,1-2H3,(H,17,18). The minimum absolute atomic E-state index is 0.234. The SMILES string of the molecule is CC(CC1C=CCC(C)c2ccccc21)C(=O)O. The number of carboxylic acids is 1. The van der Waals surface area contributed by atoms with Crippen LogP contribution in [0.1, 0.15) is 49.7 Å². The fraction of sp³-hybridized carbons (Fsp3) is 0.438. The largest absolute Gasteiger partial charge is 0.481 e. The van der Waals surface area contributed by atoms with E-state index in [4.69, 9.17) is 5.11 Å². The molecule has 2 rings (SSSR count). The van der Waals surface area contributed by atoms with Gasteiger partial charge in [0.05, 0.1) is 5.92 Å². The third-order valence-electron chi connectivity index (χ3n) is 3.81. The van der Waals surface area contributed by atoms with Crippen LogP contribution in [0.5, 0.6) is 0 Å². The van der Waals surface area contributed by atoms with Crippen molar-refractivity contribution in [2.75, 3.05) is 0 Å². The lowest BCUT2D eigenvalue weighted by Gasteiger charge is -2.19. The second-order valence-electron chi connectivity index (χ2n) is 5.28. The van der Waals surface area contributed by atoms with Crippen molar-refractivity contribution in [2.24, 2.45) is 5.92 Å². The molecule has 1 aliphatic carbocycles. The smallest absolute Gasteiger partial charge is 0.306 e. The zero-order chi connectivity index (χ0) is 13.1. The lowest BCUT2D eigenvalue weighted by molar-refractivity contribution is -0.141. The Balaban J connectivity index is 2.30. The second-order valence-corrected chi connectivity index (χ2v) is 5.28. The number of carboxylic acid groups (broad SMARTS) is 1. The van der Waals surface area contributed by atoms with Crippen molar-refractivity contribution in [3.8, 4) is 0 Å². The topological polar surface area (TPSA) is 37.3 Å². The summed E-state index contributed by atoms with van der Waals surface area (Å²) in [7, 11) is 0. The molecule has 0 fully saturated rings. The Bertz CT molecular complexity index is 462. The first kappa shape index (κ1) is 12.9. The fourth-order valence-electron chi connectivity index (χ4n) is 2.66. The highest BCUT2D eigenvalue weighted by Crippen LogP contribution is 2.36. The zero-order valence-corrected chi connectivity index (χ0v) is 11.0. The van der Waals surface area contributed by atoms with Crippen molar-refractivity contribution in [2.45, 2.75) is 38.5 Å². The Morgan fingerprint density at radius 1 is 1.39 bits per heavy atom. The van der Waals surface area contributed by atoms with Crippen molar-refractivity contribution in [1.29, 1.82) is 0 Å². The van der Waals surface area contributed by atoms with Crippen molar-refractivity contribution >= 4 is 5.97 Å². The first-order valence-electron chi connectivity index (χ1n) is 6.58. The maximum Gasteiger partial charge on any atom is 0.306 e. The van der Waals surface area contributed by atoms with Gasteiger partial charge in [-0.3, -0.25) is 4.79 Å². The highest BCUT2D eigenvalue weighted by molar-refractivity contribution is 5.69. The molecule has 2 heteroatoms. The molecular weight excluding hydrogens is 224 g/mol. The van der Waals surface area contributed by atoms with E-state index < -0.39 is 5.97 Å². The van der Waals surface area contributed by atoms with Crippen LogP contribution in [0.2, 0.25) is 0 Å². The molecular formula is C16H20O2. The highest BCUT2D eigenvalue weighted by atomic mass is 16.4. The number of benzene rings is 1. The van der Waals surface area contributed by atoms with Crippen LogP contribution in [0.15, 0.2) is 36.4 Å². The third-order valence-corrected chi connectivity index (χ3v) is 3.81. The number of aliphatic carboxylic acids is 1. The Labute approximate surface area is 108 Å². The summed E-state index contributed by atoms with van der Waals surface area (Å²) in [6.45, 7) is 4.01. The predicted octanol–water partition coefficient (Wildman–Crippen LogP) is 3.94. The van der Waals surface area contributed by atoms with Gasteiger partial charge in [0.15, 0.2) is 0 Å². The van der Waals surface area contributed by atoms with Gasteiger partial charge in [-0.25, -0.2) is 0 Å². The summed E-state index contributed by atoms with van der Waals surface area (Å²) in [5.74, 6) is -0.265. The fourth-order valence-corrected chi connectivity index (χ4v) is 2.66. The zero-order valence-electron chi connectivity index (χ0n) is 11.0. The predicted molar refractivity (Wildman–Crippen MR) is 72.8 cm³/mol. The summed E-state index contributed by atoms with van der Waals surface area (Å²) in [4.78, 5) is 11.0. The van der Waals surface area contributed by atoms with E-state index in [1.54, 1.807) is 6.92 Å². The Hall–Kier alpha value is -1.57. The molecule has 18 heavy (non-hydrogen) atoms. The van der Waals surface area contributed by atoms with Crippen LogP contribution in [0, 0.1) is 5.92 Å². The minimum Gasteiger partial charge on any atom is -0.481 e. The van der Waals surface area contributed by atoms with Gasteiger partial charge in [0.25, 0.3) is 0 Å². The molecule has 0 radical (unpaired) electrons. The van der Waals surface area contributed by atoms with Gasteiger partial charge in [-0.05, 0) is 29.9 Å². The molecule has 1 aliphatic rings. The van der Waals surface area contributed by atoms with E-state index in [-0.39, 0.29) is 11.8 Å². The molecule has 0 amide bonds. The van der Waals surface area contributed by atoms with Crippen molar-refractivity contribution < 1.29 is 9.90 Å². The summed E-state index contributed by atoms with van der Waals surface area (Å²) in [6.07, 6.45) is 6.09. The third kappa shape index (κ3) is 2.63. The molecule has 0 aromatic heterocycles. The van der Waals surface area contributed by atoms with Gasteiger partial charge < -0.3 is 5.11 Å². The van der Waals surface area contributed by atoms with Gasteiger partial charge in [-0.15, -0.1) is 0 Å².